The van der Waals surface area contributed by atoms with E-state index in [-0.39, 0.29) is 16.4 Å². The van der Waals surface area contributed by atoms with Gasteiger partial charge in [0.15, 0.2) is 10.9 Å². The lowest BCUT2D eigenvalue weighted by Crippen LogP contribution is -2.16. The van der Waals surface area contributed by atoms with Gasteiger partial charge in [0.05, 0.1) is 16.9 Å². The molecule has 0 saturated carbocycles. The molecule has 1 amide bonds. The third kappa shape index (κ3) is 4.15. The molecule has 1 aromatic carbocycles. The highest BCUT2D eigenvalue weighted by Crippen LogP contribution is 2.20. The van der Waals surface area contributed by atoms with Crippen molar-refractivity contribution in [1.29, 1.82) is 0 Å². The molecule has 2 aromatic rings. The lowest BCUT2D eigenvalue weighted by Gasteiger charge is -2.07. The number of amides is 1. The SMILES string of the molecule is CCCSc1ncc(Cl)c(C(=O)Nc2ccccc2F)n1. The number of aromatic nitrogens is 2. The number of rotatable bonds is 5. The maximum atomic E-state index is 13.5. The van der Waals surface area contributed by atoms with Crippen LogP contribution in [0.3, 0.4) is 0 Å². The molecule has 0 fully saturated rings. The van der Waals surface area contributed by atoms with Gasteiger partial charge in [-0.2, -0.15) is 0 Å². The minimum absolute atomic E-state index is 0.0357. The van der Waals surface area contributed by atoms with Crippen LogP contribution in [-0.2, 0) is 0 Å². The van der Waals surface area contributed by atoms with E-state index in [1.165, 1.54) is 30.1 Å². The van der Waals surface area contributed by atoms with Crippen molar-refractivity contribution in [3.8, 4) is 0 Å². The van der Waals surface area contributed by atoms with Crippen LogP contribution in [-0.4, -0.2) is 21.6 Å². The number of benzene rings is 1. The van der Waals surface area contributed by atoms with Crippen LogP contribution in [0.25, 0.3) is 0 Å². The Morgan fingerprint density at radius 1 is 1.43 bits per heavy atom. The van der Waals surface area contributed by atoms with Gasteiger partial charge in [0.1, 0.15) is 5.82 Å². The van der Waals surface area contributed by atoms with Crippen LogP contribution < -0.4 is 5.32 Å². The zero-order chi connectivity index (χ0) is 15.2. The smallest absolute Gasteiger partial charge is 0.276 e. The predicted octanol–water partition coefficient (Wildman–Crippen LogP) is 4.02. The Morgan fingerprint density at radius 3 is 2.90 bits per heavy atom. The standard InChI is InChI=1S/C14H13ClFN3OS/c1-2-7-21-14-17-8-9(15)12(19-14)13(20)18-11-6-4-3-5-10(11)16/h3-6,8H,2,7H2,1H3,(H,18,20). The van der Waals surface area contributed by atoms with Crippen molar-refractivity contribution >= 4 is 35.0 Å². The summed E-state index contributed by atoms with van der Waals surface area (Å²) in [6.07, 6.45) is 2.34. The summed E-state index contributed by atoms with van der Waals surface area (Å²) < 4.78 is 13.5. The first-order valence-electron chi connectivity index (χ1n) is 6.33. The van der Waals surface area contributed by atoms with Crippen molar-refractivity contribution in [3.05, 3.63) is 47.0 Å². The average Bonchev–Trinajstić information content (AvgIpc) is 2.48. The van der Waals surface area contributed by atoms with Crippen LogP contribution >= 0.6 is 23.4 Å². The van der Waals surface area contributed by atoms with Crippen LogP contribution in [0.2, 0.25) is 5.02 Å². The van der Waals surface area contributed by atoms with Crippen LogP contribution in [0, 0.1) is 5.82 Å². The maximum absolute atomic E-state index is 13.5. The molecule has 4 nitrogen and oxygen atoms in total. The Bertz CT molecular complexity index is 654. The van der Waals surface area contributed by atoms with Crippen LogP contribution in [0.5, 0.6) is 0 Å². The molecule has 0 spiro atoms. The van der Waals surface area contributed by atoms with Crippen LogP contribution in [0.15, 0.2) is 35.6 Å². The topological polar surface area (TPSA) is 54.9 Å². The highest BCUT2D eigenvalue weighted by Gasteiger charge is 2.16. The predicted molar refractivity (Wildman–Crippen MR) is 82.4 cm³/mol. The van der Waals surface area contributed by atoms with Crippen molar-refractivity contribution in [2.75, 3.05) is 11.1 Å². The third-order valence-electron chi connectivity index (χ3n) is 2.49. The van der Waals surface area contributed by atoms with Crippen molar-refractivity contribution in [3.63, 3.8) is 0 Å². The Kier molecular flexibility index (Phi) is 5.52. The van der Waals surface area contributed by atoms with Gasteiger partial charge in [0, 0.05) is 5.75 Å². The molecule has 0 aliphatic carbocycles. The van der Waals surface area contributed by atoms with Crippen molar-refractivity contribution in [2.24, 2.45) is 0 Å². The van der Waals surface area contributed by atoms with Gasteiger partial charge in [-0.05, 0) is 18.6 Å². The van der Waals surface area contributed by atoms with E-state index in [4.69, 9.17) is 11.6 Å². The number of halogens is 2. The second-order valence-electron chi connectivity index (χ2n) is 4.13. The number of para-hydroxylation sites is 1. The Balaban J connectivity index is 2.20. The second-order valence-corrected chi connectivity index (χ2v) is 5.60. The molecule has 0 aliphatic heterocycles. The number of hydrogen-bond donors (Lipinski definition) is 1. The Labute approximate surface area is 131 Å². The lowest BCUT2D eigenvalue weighted by molar-refractivity contribution is 0.102. The minimum Gasteiger partial charge on any atom is -0.318 e. The zero-order valence-electron chi connectivity index (χ0n) is 11.3. The maximum Gasteiger partial charge on any atom is 0.276 e. The molecule has 0 saturated heterocycles. The molecule has 0 radical (unpaired) electrons. The summed E-state index contributed by atoms with van der Waals surface area (Å²) in [5.74, 6) is -0.238. The number of carbonyl (C=O) groups excluding carboxylic acids is 1. The monoisotopic (exact) mass is 325 g/mol. The summed E-state index contributed by atoms with van der Waals surface area (Å²) >= 11 is 7.38. The van der Waals surface area contributed by atoms with Gasteiger partial charge in [-0.3, -0.25) is 4.79 Å². The minimum atomic E-state index is -0.564. The van der Waals surface area contributed by atoms with E-state index in [0.717, 1.165) is 12.2 Å². The fourth-order valence-corrected chi connectivity index (χ4v) is 2.36. The second kappa shape index (κ2) is 7.38. The summed E-state index contributed by atoms with van der Waals surface area (Å²) in [6, 6.07) is 5.90. The fraction of sp³-hybridized carbons (Fsp3) is 0.214. The van der Waals surface area contributed by atoms with Crippen molar-refractivity contribution in [1.82, 2.24) is 9.97 Å². The summed E-state index contributed by atoms with van der Waals surface area (Å²) in [6.45, 7) is 2.04. The van der Waals surface area contributed by atoms with Gasteiger partial charge in [-0.1, -0.05) is 42.4 Å². The lowest BCUT2D eigenvalue weighted by atomic mass is 10.3. The van der Waals surface area contributed by atoms with Crippen LogP contribution in [0.1, 0.15) is 23.8 Å². The molecule has 21 heavy (non-hydrogen) atoms. The molecular formula is C14H13ClFN3OS. The third-order valence-corrected chi connectivity index (χ3v) is 3.84. The van der Waals surface area contributed by atoms with Gasteiger partial charge >= 0.3 is 0 Å². The molecule has 1 N–H and O–H groups in total. The molecule has 7 heteroatoms. The molecule has 110 valence electrons. The number of nitrogens with one attached hydrogen (secondary N) is 1. The Morgan fingerprint density at radius 2 is 2.19 bits per heavy atom. The largest absolute Gasteiger partial charge is 0.318 e. The van der Waals surface area contributed by atoms with E-state index in [1.54, 1.807) is 12.1 Å². The van der Waals surface area contributed by atoms with Crippen molar-refractivity contribution < 1.29 is 9.18 Å². The molecule has 1 heterocycles. The molecule has 0 unspecified atom stereocenters. The highest BCUT2D eigenvalue weighted by atomic mass is 35.5. The number of hydrogen-bond acceptors (Lipinski definition) is 4. The molecule has 0 bridgehead atoms. The summed E-state index contributed by atoms with van der Waals surface area (Å²) in [5, 5.41) is 3.05. The summed E-state index contributed by atoms with van der Waals surface area (Å²) in [5.41, 5.74) is 0.119. The van der Waals surface area contributed by atoms with Gasteiger partial charge in [-0.25, -0.2) is 14.4 Å². The molecular weight excluding hydrogens is 313 g/mol. The fourth-order valence-electron chi connectivity index (χ4n) is 1.52. The first-order chi connectivity index (χ1) is 10.1. The van der Waals surface area contributed by atoms with Crippen molar-refractivity contribution in [2.45, 2.75) is 18.5 Å². The average molecular weight is 326 g/mol. The van der Waals surface area contributed by atoms with Gasteiger partial charge < -0.3 is 5.32 Å². The number of nitrogens with zero attached hydrogens (tertiary/aromatic N) is 2. The van der Waals surface area contributed by atoms with E-state index >= 15 is 0 Å². The van der Waals surface area contributed by atoms with Gasteiger partial charge in [0.25, 0.3) is 5.91 Å². The van der Waals surface area contributed by atoms with Gasteiger partial charge in [-0.15, -0.1) is 0 Å². The number of thioether (sulfide) groups is 1. The van der Waals surface area contributed by atoms with E-state index in [0.29, 0.717) is 5.16 Å². The van der Waals surface area contributed by atoms with Crippen LogP contribution in [0.4, 0.5) is 10.1 Å². The summed E-state index contributed by atoms with van der Waals surface area (Å²) in [4.78, 5) is 20.3. The number of carbonyl (C=O) groups is 1. The zero-order valence-corrected chi connectivity index (χ0v) is 12.8. The molecule has 2 rings (SSSR count). The quantitative estimate of drug-likeness (QED) is 0.666. The molecule has 1 aromatic heterocycles. The molecule has 0 atom stereocenters. The summed E-state index contributed by atoms with van der Waals surface area (Å²) in [7, 11) is 0. The van der Waals surface area contributed by atoms with E-state index in [9.17, 15) is 9.18 Å². The van der Waals surface area contributed by atoms with E-state index in [1.807, 2.05) is 6.92 Å². The van der Waals surface area contributed by atoms with Gasteiger partial charge in [0.2, 0.25) is 0 Å². The highest BCUT2D eigenvalue weighted by molar-refractivity contribution is 7.99. The number of anilines is 1. The Hall–Kier alpha value is -1.66. The van der Waals surface area contributed by atoms with E-state index in [2.05, 4.69) is 15.3 Å². The van der Waals surface area contributed by atoms with E-state index < -0.39 is 11.7 Å². The first kappa shape index (κ1) is 15.7. The molecule has 0 aliphatic rings. The normalized spacial score (nSPS) is 10.4. The first-order valence-corrected chi connectivity index (χ1v) is 7.69.